The Kier molecular flexibility index (Phi) is 3.81. The predicted molar refractivity (Wildman–Crippen MR) is 77.4 cm³/mol. The number of benzene rings is 1. The largest absolute Gasteiger partial charge is 0.492 e. The van der Waals surface area contributed by atoms with Crippen LogP contribution >= 0.6 is 0 Å². The minimum atomic E-state index is -4.37. The molecule has 6 heteroatoms. The first-order valence-electron chi connectivity index (χ1n) is 7.80. The van der Waals surface area contributed by atoms with Crippen molar-refractivity contribution in [1.29, 1.82) is 0 Å². The average molecular weight is 328 g/mol. The molecule has 1 saturated carbocycles. The molecular formula is C17H19F3O3. The second-order valence-corrected chi connectivity index (χ2v) is 6.74. The van der Waals surface area contributed by atoms with E-state index in [0.717, 1.165) is 43.4 Å². The zero-order valence-corrected chi connectivity index (χ0v) is 12.8. The molecule has 0 unspecified atom stereocenters. The van der Waals surface area contributed by atoms with Crippen molar-refractivity contribution in [2.45, 2.75) is 44.2 Å². The first-order valence-corrected chi connectivity index (χ1v) is 7.80. The summed E-state index contributed by atoms with van der Waals surface area (Å²) in [5.41, 5.74) is -0.109. The number of halogens is 3. The summed E-state index contributed by atoms with van der Waals surface area (Å²) < 4.78 is 43.9. The van der Waals surface area contributed by atoms with Gasteiger partial charge in [-0.25, -0.2) is 0 Å². The minimum Gasteiger partial charge on any atom is -0.492 e. The topological polar surface area (TPSA) is 46.5 Å². The van der Waals surface area contributed by atoms with Crippen LogP contribution in [0, 0.1) is 11.8 Å². The van der Waals surface area contributed by atoms with Crippen molar-refractivity contribution < 1.29 is 27.8 Å². The molecule has 1 heterocycles. The molecule has 0 bridgehead atoms. The van der Waals surface area contributed by atoms with Gasteiger partial charge >= 0.3 is 12.1 Å². The quantitative estimate of drug-likeness (QED) is 0.883. The van der Waals surface area contributed by atoms with Crippen LogP contribution in [0.4, 0.5) is 13.2 Å². The van der Waals surface area contributed by atoms with E-state index in [4.69, 9.17) is 9.84 Å². The third-order valence-electron chi connectivity index (χ3n) is 5.47. The third kappa shape index (κ3) is 2.79. The van der Waals surface area contributed by atoms with Crippen LogP contribution < -0.4 is 4.74 Å². The van der Waals surface area contributed by atoms with Gasteiger partial charge < -0.3 is 9.84 Å². The molecule has 1 fully saturated rings. The van der Waals surface area contributed by atoms with Crippen LogP contribution in [0.2, 0.25) is 0 Å². The zero-order chi connectivity index (χ0) is 16.8. The molecular weight excluding hydrogens is 309 g/mol. The van der Waals surface area contributed by atoms with E-state index in [0.29, 0.717) is 12.4 Å². The van der Waals surface area contributed by atoms with E-state index in [1.54, 1.807) is 6.92 Å². The fraction of sp³-hybridized carbons (Fsp3) is 0.588. The molecule has 1 aliphatic carbocycles. The van der Waals surface area contributed by atoms with Gasteiger partial charge in [-0.2, -0.15) is 13.2 Å². The van der Waals surface area contributed by atoms with Gasteiger partial charge in [0.15, 0.2) is 0 Å². The van der Waals surface area contributed by atoms with Gasteiger partial charge in [0.25, 0.3) is 0 Å². The highest BCUT2D eigenvalue weighted by Gasteiger charge is 2.45. The second-order valence-electron chi connectivity index (χ2n) is 6.74. The lowest BCUT2D eigenvalue weighted by Crippen LogP contribution is -2.36. The van der Waals surface area contributed by atoms with Crippen LogP contribution in [0.5, 0.6) is 5.75 Å². The summed E-state index contributed by atoms with van der Waals surface area (Å²) in [4.78, 5) is 11.1. The fourth-order valence-electron chi connectivity index (χ4n) is 3.86. The van der Waals surface area contributed by atoms with Crippen LogP contribution in [0.15, 0.2) is 18.2 Å². The van der Waals surface area contributed by atoms with Crippen molar-refractivity contribution >= 4 is 5.97 Å². The highest BCUT2D eigenvalue weighted by atomic mass is 19.4. The molecule has 3 nitrogen and oxygen atoms in total. The Labute approximate surface area is 132 Å². The van der Waals surface area contributed by atoms with Gasteiger partial charge in [0, 0.05) is 11.0 Å². The summed E-state index contributed by atoms with van der Waals surface area (Å²) in [5.74, 6) is -0.730. The van der Waals surface area contributed by atoms with Crippen LogP contribution in [0.3, 0.4) is 0 Å². The maximum Gasteiger partial charge on any atom is 0.416 e. The zero-order valence-electron chi connectivity index (χ0n) is 12.8. The molecule has 1 aromatic rings. The molecule has 23 heavy (non-hydrogen) atoms. The Morgan fingerprint density at radius 3 is 2.57 bits per heavy atom. The number of hydrogen-bond donors (Lipinski definition) is 1. The van der Waals surface area contributed by atoms with Gasteiger partial charge in [-0.15, -0.1) is 0 Å². The van der Waals surface area contributed by atoms with E-state index in [1.165, 1.54) is 6.07 Å². The minimum absolute atomic E-state index is 0.122. The number of alkyl halides is 3. The molecule has 0 amide bonds. The number of rotatable bonds is 2. The number of hydrogen-bond acceptors (Lipinski definition) is 2. The van der Waals surface area contributed by atoms with Crippen LogP contribution in [-0.2, 0) is 16.4 Å². The Morgan fingerprint density at radius 2 is 2.00 bits per heavy atom. The highest BCUT2D eigenvalue weighted by molar-refractivity contribution is 5.69. The van der Waals surface area contributed by atoms with Crippen molar-refractivity contribution in [3.8, 4) is 5.75 Å². The van der Waals surface area contributed by atoms with Crippen molar-refractivity contribution in [3.05, 3.63) is 29.3 Å². The molecule has 2 aliphatic rings. The van der Waals surface area contributed by atoms with E-state index in [2.05, 4.69) is 0 Å². The Balaban J connectivity index is 1.80. The van der Waals surface area contributed by atoms with E-state index in [1.807, 2.05) is 0 Å². The summed E-state index contributed by atoms with van der Waals surface area (Å²) in [6, 6.07) is 3.73. The van der Waals surface area contributed by atoms with E-state index < -0.39 is 17.7 Å². The number of carbonyl (C=O) groups is 1. The van der Waals surface area contributed by atoms with Crippen molar-refractivity contribution in [1.82, 2.24) is 0 Å². The molecule has 0 aromatic heterocycles. The summed E-state index contributed by atoms with van der Waals surface area (Å²) in [6.45, 7) is 2.11. The molecule has 0 saturated heterocycles. The number of ether oxygens (including phenoxy) is 1. The lowest BCUT2D eigenvalue weighted by molar-refractivity contribution is -0.143. The molecule has 1 atom stereocenters. The van der Waals surface area contributed by atoms with Crippen LogP contribution in [-0.4, -0.2) is 17.7 Å². The second kappa shape index (κ2) is 5.42. The first-order chi connectivity index (χ1) is 10.7. The molecule has 3 rings (SSSR count). The van der Waals surface area contributed by atoms with Crippen LogP contribution in [0.25, 0.3) is 0 Å². The van der Waals surface area contributed by atoms with Gasteiger partial charge in [-0.05, 0) is 43.7 Å². The predicted octanol–water partition coefficient (Wildman–Crippen LogP) is 4.25. The molecule has 1 N–H and O–H groups in total. The molecule has 126 valence electrons. The fourth-order valence-corrected chi connectivity index (χ4v) is 3.86. The van der Waals surface area contributed by atoms with Gasteiger partial charge in [-0.1, -0.05) is 13.0 Å². The van der Waals surface area contributed by atoms with Gasteiger partial charge in [0.05, 0.1) is 18.1 Å². The van der Waals surface area contributed by atoms with Gasteiger partial charge in [-0.3, -0.25) is 4.79 Å². The average Bonchev–Trinajstić information content (AvgIpc) is 2.85. The maximum absolute atomic E-state index is 12.8. The number of carboxylic acid groups (broad SMARTS) is 1. The maximum atomic E-state index is 12.8. The van der Waals surface area contributed by atoms with Crippen LogP contribution in [0.1, 0.15) is 43.7 Å². The molecule has 0 radical (unpaired) electrons. The summed E-state index contributed by atoms with van der Waals surface area (Å²) in [6.07, 6.45) is -1.33. The summed E-state index contributed by atoms with van der Waals surface area (Å²) >= 11 is 0. The first kappa shape index (κ1) is 16.1. The Hall–Kier alpha value is -1.72. The monoisotopic (exact) mass is 328 g/mol. The van der Waals surface area contributed by atoms with Crippen molar-refractivity contribution in [2.24, 2.45) is 11.8 Å². The van der Waals surface area contributed by atoms with Crippen molar-refractivity contribution in [2.75, 3.05) is 6.61 Å². The Bertz CT molecular complexity index is 616. The third-order valence-corrected chi connectivity index (χ3v) is 5.47. The van der Waals surface area contributed by atoms with Gasteiger partial charge in [0.2, 0.25) is 0 Å². The van der Waals surface area contributed by atoms with E-state index in [9.17, 15) is 18.0 Å². The summed E-state index contributed by atoms with van der Waals surface area (Å²) in [7, 11) is 0. The van der Waals surface area contributed by atoms with E-state index >= 15 is 0 Å². The smallest absolute Gasteiger partial charge is 0.416 e. The van der Waals surface area contributed by atoms with Gasteiger partial charge in [0.1, 0.15) is 5.75 Å². The summed E-state index contributed by atoms with van der Waals surface area (Å²) in [5, 5.41) is 9.12. The van der Waals surface area contributed by atoms with Crippen molar-refractivity contribution in [3.63, 3.8) is 0 Å². The number of fused-ring (bicyclic) bond motifs is 2. The molecule has 1 aromatic carbocycles. The Morgan fingerprint density at radius 1 is 1.35 bits per heavy atom. The SMILES string of the molecule is C[C@H](C(=O)O)C1CCC2(CC1)COc1cc(C(F)(F)F)ccc12. The lowest BCUT2D eigenvalue weighted by atomic mass is 9.65. The number of carboxylic acids is 1. The normalized spacial score (nSPS) is 28.3. The standard InChI is InChI=1S/C17H19F3O3/c1-10(15(21)22)11-4-6-16(7-5-11)9-23-14-8-12(17(18,19)20)2-3-13(14)16/h2-3,8,10-11H,4-7,9H2,1H3,(H,21,22)/t10-,11?,16?/m0/s1. The molecule has 1 aliphatic heterocycles. The number of aliphatic carboxylic acids is 1. The van der Waals surface area contributed by atoms with E-state index in [-0.39, 0.29) is 17.3 Å². The molecule has 1 spiro atoms. The lowest BCUT2D eigenvalue weighted by Gasteiger charge is -2.37. The highest BCUT2D eigenvalue weighted by Crippen LogP contribution is 2.51.